The molecule has 3 rings (SSSR count). The second kappa shape index (κ2) is 6.50. The van der Waals surface area contributed by atoms with Crippen LogP contribution in [0, 0.1) is 11.3 Å². The number of rotatable bonds is 6. The highest BCUT2D eigenvalue weighted by atomic mass is 15.1. The molecule has 1 aliphatic carbocycles. The smallest absolute Gasteiger partial charge is 0.0233 e. The molecule has 0 amide bonds. The first-order valence-corrected chi connectivity index (χ1v) is 8.68. The van der Waals surface area contributed by atoms with E-state index in [4.69, 9.17) is 0 Å². The van der Waals surface area contributed by atoms with Crippen LogP contribution in [0.15, 0.2) is 30.3 Å². The minimum absolute atomic E-state index is 0.640. The van der Waals surface area contributed by atoms with Gasteiger partial charge >= 0.3 is 0 Å². The molecule has 1 N–H and O–H groups in total. The van der Waals surface area contributed by atoms with E-state index in [9.17, 15) is 0 Å². The zero-order chi connectivity index (χ0) is 14.7. The molecule has 1 aromatic rings. The van der Waals surface area contributed by atoms with E-state index < -0.39 is 0 Å². The molecule has 1 saturated carbocycles. The summed E-state index contributed by atoms with van der Waals surface area (Å²) in [5.41, 5.74) is 2.09. The van der Waals surface area contributed by atoms with Gasteiger partial charge in [-0.25, -0.2) is 0 Å². The molecule has 1 aromatic carbocycles. The third kappa shape index (κ3) is 3.87. The van der Waals surface area contributed by atoms with E-state index in [1.807, 2.05) is 0 Å². The lowest BCUT2D eigenvalue weighted by molar-refractivity contribution is 0.182. The van der Waals surface area contributed by atoms with Gasteiger partial charge in [-0.1, -0.05) is 44.2 Å². The largest absolute Gasteiger partial charge is 0.313 e. The Kier molecular flexibility index (Phi) is 4.66. The minimum atomic E-state index is 0.640. The second-order valence-corrected chi connectivity index (χ2v) is 7.43. The van der Waals surface area contributed by atoms with Crippen LogP contribution in [0.2, 0.25) is 0 Å². The summed E-state index contributed by atoms with van der Waals surface area (Å²) in [5, 5.41) is 3.86. The molecule has 2 aliphatic rings. The van der Waals surface area contributed by atoms with Crippen molar-refractivity contribution in [1.29, 1.82) is 0 Å². The number of nitrogens with one attached hydrogen (secondary N) is 1. The van der Waals surface area contributed by atoms with Crippen LogP contribution in [0.25, 0.3) is 0 Å². The topological polar surface area (TPSA) is 15.3 Å². The number of hydrogen-bond donors (Lipinski definition) is 1. The van der Waals surface area contributed by atoms with Crippen molar-refractivity contribution >= 4 is 0 Å². The summed E-state index contributed by atoms with van der Waals surface area (Å²) in [6, 6.07) is 11.6. The quantitative estimate of drug-likeness (QED) is 0.858. The lowest BCUT2D eigenvalue weighted by Crippen LogP contribution is -2.44. The molecule has 21 heavy (non-hydrogen) atoms. The Bertz CT molecular complexity index is 428. The van der Waals surface area contributed by atoms with Crippen LogP contribution in [0.1, 0.15) is 45.1 Å². The summed E-state index contributed by atoms with van der Waals surface area (Å²) in [6.07, 6.45) is 5.48. The van der Waals surface area contributed by atoms with Gasteiger partial charge in [0.25, 0.3) is 0 Å². The fourth-order valence-electron chi connectivity index (χ4n) is 3.60. The Morgan fingerprint density at radius 1 is 1.14 bits per heavy atom. The molecule has 0 aromatic heterocycles. The number of piperidine rings is 1. The predicted molar refractivity (Wildman–Crippen MR) is 89.2 cm³/mol. The molecular weight excluding hydrogens is 256 g/mol. The second-order valence-electron chi connectivity index (χ2n) is 7.43. The molecule has 0 spiro atoms. The summed E-state index contributed by atoms with van der Waals surface area (Å²) in [5.74, 6) is 0.836. The monoisotopic (exact) mass is 286 g/mol. The van der Waals surface area contributed by atoms with Gasteiger partial charge in [-0.3, -0.25) is 4.90 Å². The van der Waals surface area contributed by atoms with Crippen LogP contribution >= 0.6 is 0 Å². The van der Waals surface area contributed by atoms with Crippen molar-refractivity contribution in [1.82, 2.24) is 10.2 Å². The summed E-state index contributed by atoms with van der Waals surface area (Å²) in [6.45, 7) is 9.61. The van der Waals surface area contributed by atoms with Crippen LogP contribution in [-0.4, -0.2) is 30.6 Å². The number of likely N-dealkylation sites (tertiary alicyclic amines) is 1. The maximum atomic E-state index is 3.86. The highest BCUT2D eigenvalue weighted by molar-refractivity contribution is 5.14. The zero-order valence-corrected chi connectivity index (χ0v) is 13.6. The van der Waals surface area contributed by atoms with Gasteiger partial charge < -0.3 is 5.32 Å². The maximum Gasteiger partial charge on any atom is 0.0233 e. The van der Waals surface area contributed by atoms with E-state index in [2.05, 4.69) is 54.4 Å². The van der Waals surface area contributed by atoms with Crippen LogP contribution < -0.4 is 5.32 Å². The van der Waals surface area contributed by atoms with Gasteiger partial charge in [0.2, 0.25) is 0 Å². The number of nitrogens with zero attached hydrogens (tertiary/aromatic N) is 1. The zero-order valence-electron chi connectivity index (χ0n) is 13.6. The van der Waals surface area contributed by atoms with Crippen molar-refractivity contribution in [3.05, 3.63) is 35.9 Å². The van der Waals surface area contributed by atoms with Crippen molar-refractivity contribution in [3.8, 4) is 0 Å². The van der Waals surface area contributed by atoms with Crippen molar-refractivity contribution in [2.75, 3.05) is 19.6 Å². The first-order valence-electron chi connectivity index (χ1n) is 8.68. The average molecular weight is 286 g/mol. The lowest BCUT2D eigenvalue weighted by atomic mass is 9.91. The molecule has 0 unspecified atom stereocenters. The fourth-order valence-corrected chi connectivity index (χ4v) is 3.60. The highest BCUT2D eigenvalue weighted by Gasteiger charge is 2.45. The predicted octanol–water partition coefficient (Wildman–Crippen LogP) is 3.68. The van der Waals surface area contributed by atoms with E-state index in [1.54, 1.807) is 0 Å². The van der Waals surface area contributed by atoms with Crippen LogP contribution in [0.5, 0.6) is 0 Å². The SMILES string of the molecule is CC(C)C1(CNC2CCN(Cc3ccccc3)CC2)CC1. The molecule has 2 fully saturated rings. The van der Waals surface area contributed by atoms with Crippen LogP contribution in [0.3, 0.4) is 0 Å². The van der Waals surface area contributed by atoms with E-state index in [1.165, 1.54) is 50.9 Å². The Hall–Kier alpha value is -0.860. The Balaban J connectivity index is 1.39. The fraction of sp³-hybridized carbons (Fsp3) is 0.684. The van der Waals surface area contributed by atoms with Gasteiger partial charge in [0.1, 0.15) is 0 Å². The molecule has 0 bridgehead atoms. The molecule has 1 saturated heterocycles. The number of hydrogen-bond acceptors (Lipinski definition) is 2. The van der Waals surface area contributed by atoms with Gasteiger partial charge in [-0.05, 0) is 55.7 Å². The molecule has 2 heteroatoms. The standard InChI is InChI=1S/C19H30N2/c1-16(2)19(10-11-19)15-20-18-8-12-21(13-9-18)14-17-6-4-3-5-7-17/h3-7,16,18,20H,8-15H2,1-2H3. The summed E-state index contributed by atoms with van der Waals surface area (Å²) in [4.78, 5) is 2.60. The van der Waals surface area contributed by atoms with Crippen molar-refractivity contribution in [2.24, 2.45) is 11.3 Å². The summed E-state index contributed by atoms with van der Waals surface area (Å²) >= 11 is 0. The molecule has 1 aliphatic heterocycles. The average Bonchev–Trinajstić information content (AvgIpc) is 3.29. The third-order valence-corrected chi connectivity index (χ3v) is 5.70. The van der Waals surface area contributed by atoms with Gasteiger partial charge in [0.15, 0.2) is 0 Å². The van der Waals surface area contributed by atoms with Gasteiger partial charge in [0.05, 0.1) is 0 Å². The molecule has 0 atom stereocenters. The van der Waals surface area contributed by atoms with E-state index >= 15 is 0 Å². The van der Waals surface area contributed by atoms with E-state index in [0.717, 1.165) is 18.5 Å². The molecule has 0 radical (unpaired) electrons. The summed E-state index contributed by atoms with van der Waals surface area (Å²) < 4.78 is 0. The first kappa shape index (κ1) is 15.1. The molecule has 1 heterocycles. The Morgan fingerprint density at radius 2 is 1.81 bits per heavy atom. The Morgan fingerprint density at radius 3 is 2.38 bits per heavy atom. The lowest BCUT2D eigenvalue weighted by Gasteiger charge is -2.34. The molecule has 116 valence electrons. The number of benzene rings is 1. The molecular formula is C19H30N2. The highest BCUT2D eigenvalue weighted by Crippen LogP contribution is 2.51. The van der Waals surface area contributed by atoms with E-state index in [-0.39, 0.29) is 0 Å². The Labute approximate surface area is 129 Å². The first-order chi connectivity index (χ1) is 10.2. The van der Waals surface area contributed by atoms with Crippen LogP contribution in [-0.2, 0) is 6.54 Å². The normalized spacial score (nSPS) is 22.6. The molecule has 2 nitrogen and oxygen atoms in total. The third-order valence-electron chi connectivity index (χ3n) is 5.70. The van der Waals surface area contributed by atoms with Gasteiger partial charge in [-0.2, -0.15) is 0 Å². The van der Waals surface area contributed by atoms with Gasteiger partial charge in [-0.15, -0.1) is 0 Å². The van der Waals surface area contributed by atoms with Crippen molar-refractivity contribution in [2.45, 2.75) is 52.1 Å². The van der Waals surface area contributed by atoms with Crippen molar-refractivity contribution in [3.63, 3.8) is 0 Å². The van der Waals surface area contributed by atoms with Crippen molar-refractivity contribution < 1.29 is 0 Å². The maximum absolute atomic E-state index is 3.86. The van der Waals surface area contributed by atoms with Crippen LogP contribution in [0.4, 0.5) is 0 Å². The van der Waals surface area contributed by atoms with Gasteiger partial charge in [0, 0.05) is 19.1 Å². The minimum Gasteiger partial charge on any atom is -0.313 e. The summed E-state index contributed by atoms with van der Waals surface area (Å²) in [7, 11) is 0. The van der Waals surface area contributed by atoms with E-state index in [0.29, 0.717) is 5.41 Å².